The van der Waals surface area contributed by atoms with Crippen molar-refractivity contribution in [2.24, 2.45) is 0 Å². The zero-order valence-corrected chi connectivity index (χ0v) is 11.8. The van der Waals surface area contributed by atoms with Crippen molar-refractivity contribution in [2.45, 2.75) is 13.0 Å². The molecule has 0 saturated heterocycles. The molecule has 1 atom stereocenters. The second kappa shape index (κ2) is 6.04. The van der Waals surface area contributed by atoms with Crippen molar-refractivity contribution in [3.05, 3.63) is 46.6 Å². The SMILES string of the molecule is CCOC(=O)C1=CNC(=S)NC1c1ccc(Cl)cc1. The van der Waals surface area contributed by atoms with Crippen molar-refractivity contribution >= 4 is 34.9 Å². The zero-order chi connectivity index (χ0) is 13.8. The predicted molar refractivity (Wildman–Crippen MR) is 77.8 cm³/mol. The lowest BCUT2D eigenvalue weighted by Crippen LogP contribution is -2.42. The van der Waals surface area contributed by atoms with E-state index in [2.05, 4.69) is 10.6 Å². The number of ether oxygens (including phenoxy) is 1. The van der Waals surface area contributed by atoms with Gasteiger partial charge < -0.3 is 15.4 Å². The fraction of sp³-hybridized carbons (Fsp3) is 0.231. The second-order valence-corrected chi connectivity index (χ2v) is 4.77. The molecule has 0 spiro atoms. The first-order valence-electron chi connectivity index (χ1n) is 5.81. The Morgan fingerprint density at radius 2 is 2.11 bits per heavy atom. The van der Waals surface area contributed by atoms with Gasteiger partial charge in [-0.2, -0.15) is 0 Å². The van der Waals surface area contributed by atoms with Crippen LogP contribution in [0.15, 0.2) is 36.0 Å². The quantitative estimate of drug-likeness (QED) is 0.662. The zero-order valence-electron chi connectivity index (χ0n) is 10.3. The average Bonchev–Trinajstić information content (AvgIpc) is 2.39. The predicted octanol–water partition coefficient (Wildman–Crippen LogP) is 2.31. The Hall–Kier alpha value is -1.59. The summed E-state index contributed by atoms with van der Waals surface area (Å²) in [5.74, 6) is -0.370. The Balaban J connectivity index is 2.31. The summed E-state index contributed by atoms with van der Waals surface area (Å²) in [6, 6.07) is 6.91. The fourth-order valence-corrected chi connectivity index (χ4v) is 2.09. The highest BCUT2D eigenvalue weighted by Crippen LogP contribution is 2.25. The molecule has 4 nitrogen and oxygen atoms in total. The monoisotopic (exact) mass is 296 g/mol. The van der Waals surface area contributed by atoms with Gasteiger partial charge in [0.2, 0.25) is 0 Å². The lowest BCUT2D eigenvalue weighted by molar-refractivity contribution is -0.138. The van der Waals surface area contributed by atoms with Gasteiger partial charge >= 0.3 is 5.97 Å². The van der Waals surface area contributed by atoms with Crippen LogP contribution in [0.2, 0.25) is 5.02 Å². The van der Waals surface area contributed by atoms with Crippen LogP contribution < -0.4 is 10.6 Å². The Morgan fingerprint density at radius 3 is 2.74 bits per heavy atom. The Bertz CT molecular complexity index is 528. The normalized spacial score (nSPS) is 18.1. The molecule has 1 aliphatic rings. The molecule has 19 heavy (non-hydrogen) atoms. The van der Waals surface area contributed by atoms with Crippen molar-refractivity contribution in [1.29, 1.82) is 0 Å². The van der Waals surface area contributed by atoms with Gasteiger partial charge in [0.15, 0.2) is 5.11 Å². The van der Waals surface area contributed by atoms with Gasteiger partial charge in [0.05, 0.1) is 18.2 Å². The molecule has 0 aliphatic carbocycles. The highest BCUT2D eigenvalue weighted by atomic mass is 35.5. The van der Waals surface area contributed by atoms with E-state index in [9.17, 15) is 4.79 Å². The first kappa shape index (κ1) is 13.8. The molecule has 1 aromatic rings. The van der Waals surface area contributed by atoms with Crippen LogP contribution in [0.3, 0.4) is 0 Å². The van der Waals surface area contributed by atoms with Gasteiger partial charge in [-0.25, -0.2) is 4.79 Å². The second-order valence-electron chi connectivity index (χ2n) is 3.92. The molecule has 6 heteroatoms. The van der Waals surface area contributed by atoms with E-state index in [4.69, 9.17) is 28.6 Å². The number of nitrogens with one attached hydrogen (secondary N) is 2. The molecule has 1 aliphatic heterocycles. The minimum atomic E-state index is -0.370. The van der Waals surface area contributed by atoms with E-state index in [1.807, 2.05) is 12.1 Å². The summed E-state index contributed by atoms with van der Waals surface area (Å²) in [4.78, 5) is 11.9. The van der Waals surface area contributed by atoms with Gasteiger partial charge in [0, 0.05) is 11.2 Å². The van der Waals surface area contributed by atoms with Crippen molar-refractivity contribution in [1.82, 2.24) is 10.6 Å². The lowest BCUT2D eigenvalue weighted by Gasteiger charge is -2.26. The standard InChI is InChI=1S/C13H13ClN2O2S/c1-2-18-12(17)10-7-15-13(19)16-11(10)8-3-5-9(14)6-4-8/h3-7,11H,2H2,1H3,(H2,15,16,19). The first-order valence-corrected chi connectivity index (χ1v) is 6.60. The highest BCUT2D eigenvalue weighted by Gasteiger charge is 2.27. The van der Waals surface area contributed by atoms with E-state index in [1.54, 1.807) is 25.3 Å². The molecule has 2 rings (SSSR count). The maximum atomic E-state index is 11.9. The van der Waals surface area contributed by atoms with Gasteiger partial charge in [0.1, 0.15) is 0 Å². The summed E-state index contributed by atoms with van der Waals surface area (Å²) in [5, 5.41) is 6.97. The average molecular weight is 297 g/mol. The summed E-state index contributed by atoms with van der Waals surface area (Å²) in [7, 11) is 0. The molecule has 1 unspecified atom stereocenters. The molecular weight excluding hydrogens is 284 g/mol. The van der Waals surface area contributed by atoms with Crippen LogP contribution >= 0.6 is 23.8 Å². The van der Waals surface area contributed by atoms with Gasteiger partial charge in [-0.05, 0) is 36.8 Å². The number of carbonyl (C=O) groups is 1. The topological polar surface area (TPSA) is 50.4 Å². The maximum absolute atomic E-state index is 11.9. The molecule has 0 amide bonds. The summed E-state index contributed by atoms with van der Waals surface area (Å²) >= 11 is 10.9. The molecule has 0 radical (unpaired) electrons. The van der Waals surface area contributed by atoms with Crippen molar-refractivity contribution < 1.29 is 9.53 Å². The van der Waals surface area contributed by atoms with Gasteiger partial charge in [-0.15, -0.1) is 0 Å². The minimum absolute atomic E-state index is 0.327. The van der Waals surface area contributed by atoms with Crippen LogP contribution in [0.1, 0.15) is 18.5 Å². The third kappa shape index (κ3) is 3.24. The highest BCUT2D eigenvalue weighted by molar-refractivity contribution is 7.80. The van der Waals surface area contributed by atoms with E-state index in [1.165, 1.54) is 0 Å². The van der Waals surface area contributed by atoms with Gasteiger partial charge in [-0.3, -0.25) is 0 Å². The van der Waals surface area contributed by atoms with Gasteiger partial charge in [0.25, 0.3) is 0 Å². The number of thiocarbonyl (C=S) groups is 1. The van der Waals surface area contributed by atoms with Crippen LogP contribution in [0, 0.1) is 0 Å². The summed E-state index contributed by atoms with van der Waals surface area (Å²) in [5.41, 5.74) is 1.38. The van der Waals surface area contributed by atoms with Crippen LogP contribution in [-0.2, 0) is 9.53 Å². The van der Waals surface area contributed by atoms with Crippen LogP contribution in [0.5, 0.6) is 0 Å². The Labute approximate surface area is 121 Å². The van der Waals surface area contributed by atoms with Crippen molar-refractivity contribution in [3.8, 4) is 0 Å². The third-order valence-electron chi connectivity index (χ3n) is 2.66. The lowest BCUT2D eigenvalue weighted by atomic mass is 9.98. The van der Waals surface area contributed by atoms with Crippen LogP contribution in [0.25, 0.3) is 0 Å². The van der Waals surface area contributed by atoms with Crippen molar-refractivity contribution in [2.75, 3.05) is 6.61 Å². The summed E-state index contributed by atoms with van der Waals surface area (Å²) in [6.07, 6.45) is 1.58. The largest absolute Gasteiger partial charge is 0.463 e. The number of rotatable bonds is 3. The summed E-state index contributed by atoms with van der Waals surface area (Å²) in [6.45, 7) is 2.10. The number of hydrogen-bond acceptors (Lipinski definition) is 3. The van der Waals surface area contributed by atoms with Gasteiger partial charge in [-0.1, -0.05) is 23.7 Å². The molecule has 1 aromatic carbocycles. The number of esters is 1. The molecule has 0 fully saturated rings. The number of benzene rings is 1. The van der Waals surface area contributed by atoms with Crippen LogP contribution in [-0.4, -0.2) is 17.7 Å². The molecular formula is C13H13ClN2O2S. The van der Waals surface area contributed by atoms with E-state index in [0.29, 0.717) is 22.3 Å². The van der Waals surface area contributed by atoms with E-state index < -0.39 is 0 Å². The molecule has 0 aromatic heterocycles. The third-order valence-corrected chi connectivity index (χ3v) is 3.15. The smallest absolute Gasteiger partial charge is 0.337 e. The van der Waals surface area contributed by atoms with E-state index in [0.717, 1.165) is 5.56 Å². The number of halogens is 1. The minimum Gasteiger partial charge on any atom is -0.463 e. The maximum Gasteiger partial charge on any atom is 0.337 e. The molecule has 100 valence electrons. The summed E-state index contributed by atoms with van der Waals surface area (Å²) < 4.78 is 5.04. The Kier molecular flexibility index (Phi) is 4.39. The molecule has 0 bridgehead atoms. The first-order chi connectivity index (χ1) is 9.11. The van der Waals surface area contributed by atoms with E-state index >= 15 is 0 Å². The van der Waals surface area contributed by atoms with Crippen molar-refractivity contribution in [3.63, 3.8) is 0 Å². The molecule has 1 heterocycles. The number of carbonyl (C=O) groups excluding carboxylic acids is 1. The number of hydrogen-bond donors (Lipinski definition) is 2. The molecule has 2 N–H and O–H groups in total. The van der Waals surface area contributed by atoms with Crippen LogP contribution in [0.4, 0.5) is 0 Å². The molecule has 0 saturated carbocycles. The Morgan fingerprint density at radius 1 is 1.42 bits per heavy atom. The fourth-order valence-electron chi connectivity index (χ4n) is 1.79. The van der Waals surface area contributed by atoms with E-state index in [-0.39, 0.29) is 12.0 Å².